The molecule has 0 unspecified atom stereocenters. The van der Waals surface area contributed by atoms with E-state index in [-0.39, 0.29) is 5.82 Å². The number of halogens is 1. The highest BCUT2D eigenvalue weighted by Crippen LogP contribution is 2.25. The van der Waals surface area contributed by atoms with Crippen molar-refractivity contribution in [1.82, 2.24) is 9.78 Å². The maximum absolute atomic E-state index is 13.0. The zero-order valence-electron chi connectivity index (χ0n) is 13.2. The van der Waals surface area contributed by atoms with Crippen LogP contribution < -0.4 is 4.90 Å². The normalized spacial score (nSPS) is 14.3. The molecule has 0 atom stereocenters. The summed E-state index contributed by atoms with van der Waals surface area (Å²) in [6.07, 6.45) is 3.85. The number of ether oxygens (including phenoxy) is 1. The third kappa shape index (κ3) is 3.03. The molecule has 122 valence electrons. The van der Waals surface area contributed by atoms with Gasteiger partial charge in [-0.15, -0.1) is 0 Å². The molecule has 2 aromatic carbocycles. The van der Waals surface area contributed by atoms with Gasteiger partial charge in [0.25, 0.3) is 0 Å². The van der Waals surface area contributed by atoms with Crippen LogP contribution in [0, 0.1) is 5.82 Å². The fourth-order valence-corrected chi connectivity index (χ4v) is 2.98. The zero-order chi connectivity index (χ0) is 16.4. The highest BCUT2D eigenvalue weighted by Gasteiger charge is 2.16. The second kappa shape index (κ2) is 6.45. The average Bonchev–Trinajstić information content (AvgIpc) is 2.97. The monoisotopic (exact) mass is 323 g/mol. The zero-order valence-corrected chi connectivity index (χ0v) is 13.2. The second-order valence-corrected chi connectivity index (χ2v) is 5.87. The summed E-state index contributed by atoms with van der Waals surface area (Å²) in [6, 6.07) is 14.7. The van der Waals surface area contributed by atoms with E-state index in [2.05, 4.69) is 28.2 Å². The first-order valence-electron chi connectivity index (χ1n) is 8.00. The number of hydrogen-bond donors (Lipinski definition) is 0. The minimum atomic E-state index is -0.243. The van der Waals surface area contributed by atoms with Crippen LogP contribution in [-0.2, 0) is 17.9 Å². The largest absolute Gasteiger partial charge is 0.375 e. The fraction of sp³-hybridized carbons (Fsp3) is 0.211. The van der Waals surface area contributed by atoms with E-state index in [1.807, 2.05) is 18.5 Å². The summed E-state index contributed by atoms with van der Waals surface area (Å²) >= 11 is 0. The Morgan fingerprint density at radius 3 is 2.79 bits per heavy atom. The van der Waals surface area contributed by atoms with Gasteiger partial charge in [0.2, 0.25) is 0 Å². The van der Waals surface area contributed by atoms with Crippen molar-refractivity contribution in [2.45, 2.75) is 13.2 Å². The predicted molar refractivity (Wildman–Crippen MR) is 90.7 cm³/mol. The molecule has 4 nitrogen and oxygen atoms in total. The molecule has 0 fully saturated rings. The third-order valence-corrected chi connectivity index (χ3v) is 4.20. The Labute approximate surface area is 140 Å². The Kier molecular flexibility index (Phi) is 4.01. The van der Waals surface area contributed by atoms with Gasteiger partial charge in [0.1, 0.15) is 5.82 Å². The summed E-state index contributed by atoms with van der Waals surface area (Å²) < 4.78 is 20.5. The van der Waals surface area contributed by atoms with Gasteiger partial charge in [-0.05, 0) is 30.3 Å². The molecule has 3 aromatic rings. The Hall–Kier alpha value is -2.66. The molecule has 1 aliphatic heterocycles. The lowest BCUT2D eigenvalue weighted by Crippen LogP contribution is -2.25. The van der Waals surface area contributed by atoms with Crippen LogP contribution in [0.25, 0.3) is 5.69 Å². The smallest absolute Gasteiger partial charge is 0.123 e. The number of anilines is 1. The van der Waals surface area contributed by atoms with E-state index in [9.17, 15) is 4.39 Å². The van der Waals surface area contributed by atoms with Gasteiger partial charge in [-0.3, -0.25) is 0 Å². The van der Waals surface area contributed by atoms with Crippen molar-refractivity contribution in [3.8, 4) is 5.69 Å². The van der Waals surface area contributed by atoms with E-state index in [4.69, 9.17) is 4.74 Å². The Morgan fingerprint density at radius 1 is 1.08 bits per heavy atom. The van der Waals surface area contributed by atoms with Gasteiger partial charge in [-0.1, -0.05) is 18.2 Å². The van der Waals surface area contributed by atoms with Crippen LogP contribution in [0.3, 0.4) is 0 Å². The number of para-hydroxylation sites is 1. The quantitative estimate of drug-likeness (QED) is 0.738. The summed E-state index contributed by atoms with van der Waals surface area (Å²) in [6.45, 7) is 2.97. The molecule has 0 spiro atoms. The summed E-state index contributed by atoms with van der Waals surface area (Å²) in [4.78, 5) is 2.31. The number of rotatable bonds is 3. The molecule has 0 radical (unpaired) electrons. The highest BCUT2D eigenvalue weighted by atomic mass is 19.1. The lowest BCUT2D eigenvalue weighted by molar-refractivity contribution is 0.132. The minimum Gasteiger partial charge on any atom is -0.375 e. The van der Waals surface area contributed by atoms with Gasteiger partial charge in [-0.2, -0.15) is 5.10 Å². The van der Waals surface area contributed by atoms with Gasteiger partial charge < -0.3 is 9.64 Å². The van der Waals surface area contributed by atoms with Gasteiger partial charge in [0, 0.05) is 36.1 Å². The van der Waals surface area contributed by atoms with Crippen LogP contribution in [0.5, 0.6) is 0 Å². The summed E-state index contributed by atoms with van der Waals surface area (Å²) in [5.74, 6) is -0.243. The van der Waals surface area contributed by atoms with Crippen molar-refractivity contribution >= 4 is 5.69 Å². The molecule has 0 saturated carbocycles. The van der Waals surface area contributed by atoms with E-state index in [1.165, 1.54) is 23.4 Å². The van der Waals surface area contributed by atoms with E-state index in [0.717, 1.165) is 24.3 Å². The van der Waals surface area contributed by atoms with E-state index in [0.29, 0.717) is 13.2 Å². The first-order valence-corrected chi connectivity index (χ1v) is 8.00. The van der Waals surface area contributed by atoms with Gasteiger partial charge in [0.15, 0.2) is 0 Å². The minimum absolute atomic E-state index is 0.243. The molecule has 1 aromatic heterocycles. The van der Waals surface area contributed by atoms with Crippen LogP contribution >= 0.6 is 0 Å². The Morgan fingerprint density at radius 2 is 1.92 bits per heavy atom. The van der Waals surface area contributed by atoms with Gasteiger partial charge >= 0.3 is 0 Å². The molecule has 2 heterocycles. The van der Waals surface area contributed by atoms with Crippen LogP contribution in [0.2, 0.25) is 0 Å². The first-order chi connectivity index (χ1) is 11.8. The number of nitrogens with zero attached hydrogens (tertiary/aromatic N) is 3. The molecule has 4 rings (SSSR count). The van der Waals surface area contributed by atoms with Crippen LogP contribution in [-0.4, -0.2) is 22.9 Å². The van der Waals surface area contributed by atoms with Gasteiger partial charge in [-0.25, -0.2) is 9.07 Å². The number of fused-ring (bicyclic) bond motifs is 1. The van der Waals surface area contributed by atoms with Crippen LogP contribution in [0.1, 0.15) is 11.1 Å². The maximum atomic E-state index is 13.0. The number of aromatic nitrogens is 2. The number of benzene rings is 2. The predicted octanol–water partition coefficient (Wildman–Crippen LogP) is 3.55. The van der Waals surface area contributed by atoms with Crippen molar-refractivity contribution in [3.05, 3.63) is 77.9 Å². The SMILES string of the molecule is Fc1ccc(-n2cc(CN3CCOCc4ccccc43)cn2)cc1. The molecule has 5 heteroatoms. The molecular formula is C19H18FN3O. The molecule has 0 N–H and O–H groups in total. The molecule has 24 heavy (non-hydrogen) atoms. The lowest BCUT2D eigenvalue weighted by atomic mass is 10.1. The third-order valence-electron chi connectivity index (χ3n) is 4.20. The maximum Gasteiger partial charge on any atom is 0.123 e. The van der Waals surface area contributed by atoms with Crippen LogP contribution in [0.4, 0.5) is 10.1 Å². The Bertz CT molecular complexity index is 829. The summed E-state index contributed by atoms with van der Waals surface area (Å²) in [7, 11) is 0. The Balaban J connectivity index is 1.57. The topological polar surface area (TPSA) is 30.3 Å². The lowest BCUT2D eigenvalue weighted by Gasteiger charge is -2.23. The van der Waals surface area contributed by atoms with Crippen LogP contribution in [0.15, 0.2) is 60.9 Å². The van der Waals surface area contributed by atoms with E-state index < -0.39 is 0 Å². The molecule has 0 amide bonds. The van der Waals surface area contributed by atoms with Crippen molar-refractivity contribution in [2.75, 3.05) is 18.1 Å². The molecule has 0 bridgehead atoms. The fourth-order valence-electron chi connectivity index (χ4n) is 2.98. The molecule has 1 aliphatic rings. The van der Waals surface area contributed by atoms with Crippen molar-refractivity contribution in [3.63, 3.8) is 0 Å². The summed E-state index contributed by atoms with van der Waals surface area (Å²) in [5.41, 5.74) is 4.38. The first kappa shape index (κ1) is 14.9. The molecule has 0 saturated heterocycles. The van der Waals surface area contributed by atoms with Gasteiger partial charge in [0.05, 0.1) is 25.1 Å². The molecular weight excluding hydrogens is 305 g/mol. The highest BCUT2D eigenvalue weighted by molar-refractivity contribution is 5.54. The average molecular weight is 323 g/mol. The number of hydrogen-bond acceptors (Lipinski definition) is 3. The summed E-state index contributed by atoms with van der Waals surface area (Å²) in [5, 5.41) is 4.40. The van der Waals surface area contributed by atoms with Crippen molar-refractivity contribution < 1.29 is 9.13 Å². The van der Waals surface area contributed by atoms with E-state index >= 15 is 0 Å². The van der Waals surface area contributed by atoms with Crippen molar-refractivity contribution in [2.24, 2.45) is 0 Å². The second-order valence-electron chi connectivity index (χ2n) is 5.87. The van der Waals surface area contributed by atoms with E-state index in [1.54, 1.807) is 16.8 Å². The standard InChI is InChI=1S/C19H18FN3O/c20-17-5-7-18(8-6-17)23-13-15(11-21-23)12-22-9-10-24-14-16-3-1-2-4-19(16)22/h1-8,11,13H,9-10,12,14H2. The van der Waals surface area contributed by atoms with Crippen molar-refractivity contribution in [1.29, 1.82) is 0 Å². The molecule has 0 aliphatic carbocycles.